The summed E-state index contributed by atoms with van der Waals surface area (Å²) in [6.07, 6.45) is 3.01. The molecule has 0 radical (unpaired) electrons. The molecule has 2 aromatic heterocycles. The van der Waals surface area contributed by atoms with Gasteiger partial charge in [-0.15, -0.1) is 9.47 Å². The summed E-state index contributed by atoms with van der Waals surface area (Å²) in [7, 11) is 0. The van der Waals surface area contributed by atoms with Gasteiger partial charge in [0.2, 0.25) is 0 Å². The molecule has 1 N–H and O–H groups in total. The van der Waals surface area contributed by atoms with E-state index in [1.807, 2.05) is 18.2 Å². The van der Waals surface area contributed by atoms with Crippen LogP contribution in [0, 0.1) is 0 Å². The molecule has 0 spiro atoms. The monoisotopic (exact) mass is 371 g/mol. The van der Waals surface area contributed by atoms with Crippen LogP contribution < -0.4 is 4.74 Å². The number of amides is 1. The highest BCUT2D eigenvalue weighted by atomic mass is 32.1. The van der Waals surface area contributed by atoms with Crippen molar-refractivity contribution in [2.45, 2.75) is 6.42 Å². The van der Waals surface area contributed by atoms with Crippen LogP contribution >= 0.6 is 11.7 Å². The van der Waals surface area contributed by atoms with Crippen LogP contribution in [0.15, 0.2) is 36.7 Å². The van der Waals surface area contributed by atoms with Crippen LogP contribution in [0.1, 0.15) is 12.1 Å². The van der Waals surface area contributed by atoms with Crippen molar-refractivity contribution in [3.63, 3.8) is 0 Å². The first-order chi connectivity index (χ1) is 12.7. The first-order valence-corrected chi connectivity index (χ1v) is 8.45. The Kier molecular flexibility index (Phi) is 4.27. The Bertz CT molecular complexity index is 937. The molecule has 1 amide bonds. The molecule has 1 aliphatic rings. The van der Waals surface area contributed by atoms with Gasteiger partial charge in [0.15, 0.2) is 0 Å². The number of aromatic nitrogens is 6. The Hall–Kier alpha value is -3.34. The fourth-order valence-electron chi connectivity index (χ4n) is 2.56. The summed E-state index contributed by atoms with van der Waals surface area (Å²) >= 11 is 1.06. The van der Waals surface area contributed by atoms with Gasteiger partial charge in [-0.05, 0) is 46.7 Å². The van der Waals surface area contributed by atoms with Gasteiger partial charge < -0.3 is 14.7 Å². The number of carbonyl (C=O) groups is 1. The lowest BCUT2D eigenvalue weighted by Crippen LogP contribution is -2.33. The SMILES string of the molecule is O=C(O)N1CC=C(c2nsnc2Oc2ccc(-n3cnnn3)cc2)CC1. The average molecular weight is 371 g/mol. The molecule has 0 atom stereocenters. The summed E-state index contributed by atoms with van der Waals surface area (Å²) in [5.41, 5.74) is 2.41. The first kappa shape index (κ1) is 16.1. The lowest BCUT2D eigenvalue weighted by Gasteiger charge is -2.23. The van der Waals surface area contributed by atoms with Crippen LogP contribution in [0.5, 0.6) is 11.6 Å². The number of benzene rings is 1. The molecule has 11 heteroatoms. The molecule has 3 heterocycles. The third-order valence-corrected chi connectivity index (χ3v) is 4.42. The topological polar surface area (TPSA) is 119 Å². The highest BCUT2D eigenvalue weighted by molar-refractivity contribution is 6.99. The molecule has 26 heavy (non-hydrogen) atoms. The van der Waals surface area contributed by atoms with Crippen LogP contribution in [0.2, 0.25) is 0 Å². The second kappa shape index (κ2) is 6.88. The molecule has 0 aliphatic carbocycles. The number of ether oxygens (including phenoxy) is 1. The highest BCUT2D eigenvalue weighted by Crippen LogP contribution is 2.31. The summed E-state index contributed by atoms with van der Waals surface area (Å²) in [6, 6.07) is 7.24. The highest BCUT2D eigenvalue weighted by Gasteiger charge is 2.21. The van der Waals surface area contributed by atoms with E-state index in [-0.39, 0.29) is 0 Å². The zero-order chi connectivity index (χ0) is 17.9. The summed E-state index contributed by atoms with van der Waals surface area (Å²) in [5.74, 6) is 1.03. The van der Waals surface area contributed by atoms with Gasteiger partial charge in [0, 0.05) is 13.1 Å². The maximum absolute atomic E-state index is 11.0. The van der Waals surface area contributed by atoms with Gasteiger partial charge in [0.25, 0.3) is 5.88 Å². The molecule has 10 nitrogen and oxygen atoms in total. The van der Waals surface area contributed by atoms with Gasteiger partial charge in [-0.25, -0.2) is 9.48 Å². The van der Waals surface area contributed by atoms with E-state index in [2.05, 4.69) is 24.3 Å². The third kappa shape index (κ3) is 3.24. The number of rotatable bonds is 4. The van der Waals surface area contributed by atoms with Gasteiger partial charge >= 0.3 is 6.09 Å². The molecule has 1 aliphatic heterocycles. The molecule has 0 unspecified atom stereocenters. The van der Waals surface area contributed by atoms with Gasteiger partial charge in [-0.3, -0.25) is 0 Å². The summed E-state index contributed by atoms with van der Waals surface area (Å²) in [4.78, 5) is 12.3. The van der Waals surface area contributed by atoms with Crippen molar-refractivity contribution in [2.75, 3.05) is 13.1 Å². The number of hydrogen-bond acceptors (Lipinski definition) is 8. The zero-order valence-electron chi connectivity index (χ0n) is 13.4. The Labute approximate surface area is 151 Å². The molecule has 0 fully saturated rings. The second-order valence-corrected chi connectivity index (χ2v) is 6.00. The third-order valence-electron chi connectivity index (χ3n) is 3.91. The number of carboxylic acid groups (broad SMARTS) is 1. The number of hydrogen-bond donors (Lipinski definition) is 1. The van der Waals surface area contributed by atoms with Gasteiger partial charge in [-0.2, -0.15) is 4.37 Å². The van der Waals surface area contributed by atoms with Crippen LogP contribution in [-0.2, 0) is 0 Å². The second-order valence-electron chi connectivity index (χ2n) is 5.48. The molecule has 1 aromatic carbocycles. The van der Waals surface area contributed by atoms with Crippen molar-refractivity contribution in [3.05, 3.63) is 42.4 Å². The normalized spacial score (nSPS) is 14.2. The van der Waals surface area contributed by atoms with E-state index < -0.39 is 6.09 Å². The van der Waals surface area contributed by atoms with Gasteiger partial charge in [-0.1, -0.05) is 6.08 Å². The number of tetrazole rings is 1. The molecule has 3 aromatic rings. The molecule has 0 bridgehead atoms. The van der Waals surface area contributed by atoms with Crippen molar-refractivity contribution >= 4 is 23.4 Å². The maximum Gasteiger partial charge on any atom is 0.407 e. The summed E-state index contributed by atoms with van der Waals surface area (Å²) < 4.78 is 15.9. The predicted octanol–water partition coefficient (Wildman–Crippen LogP) is 2.07. The van der Waals surface area contributed by atoms with E-state index in [4.69, 9.17) is 9.84 Å². The van der Waals surface area contributed by atoms with E-state index in [1.54, 1.807) is 16.8 Å². The Morgan fingerprint density at radius 3 is 2.73 bits per heavy atom. The molecule has 0 saturated heterocycles. The fourth-order valence-corrected chi connectivity index (χ4v) is 3.08. The van der Waals surface area contributed by atoms with Crippen LogP contribution in [0.25, 0.3) is 11.3 Å². The smallest absolute Gasteiger partial charge is 0.407 e. The quantitative estimate of drug-likeness (QED) is 0.740. The zero-order valence-corrected chi connectivity index (χ0v) is 14.2. The van der Waals surface area contributed by atoms with E-state index in [0.29, 0.717) is 36.8 Å². The van der Waals surface area contributed by atoms with Crippen LogP contribution in [0.3, 0.4) is 0 Å². The van der Waals surface area contributed by atoms with Crippen LogP contribution in [0.4, 0.5) is 4.79 Å². The van der Waals surface area contributed by atoms with E-state index in [1.165, 1.54) is 11.2 Å². The molecule has 132 valence electrons. The van der Waals surface area contributed by atoms with Gasteiger partial charge in [0.1, 0.15) is 17.8 Å². The van der Waals surface area contributed by atoms with Gasteiger partial charge in [0.05, 0.1) is 17.4 Å². The minimum Gasteiger partial charge on any atom is -0.465 e. The van der Waals surface area contributed by atoms with Crippen LogP contribution in [-0.4, -0.2) is 58.1 Å². The summed E-state index contributed by atoms with van der Waals surface area (Å²) in [5, 5.41) is 20.1. The molecule has 0 saturated carbocycles. The Morgan fingerprint density at radius 1 is 1.23 bits per heavy atom. The van der Waals surface area contributed by atoms with Crippen molar-refractivity contribution in [1.29, 1.82) is 0 Å². The van der Waals surface area contributed by atoms with Crippen molar-refractivity contribution < 1.29 is 14.6 Å². The molecular weight excluding hydrogens is 358 g/mol. The van der Waals surface area contributed by atoms with Crippen molar-refractivity contribution in [3.8, 4) is 17.3 Å². The lowest BCUT2D eigenvalue weighted by molar-refractivity contribution is 0.150. The van der Waals surface area contributed by atoms with E-state index in [9.17, 15) is 4.79 Å². The standard InChI is InChI=1S/C15H13N7O3S/c23-15(24)21-7-5-10(6-8-21)13-14(18-26-17-13)25-12-3-1-11(2-4-12)22-9-16-19-20-22/h1-5,9H,6-8H2,(H,23,24). The van der Waals surface area contributed by atoms with E-state index in [0.717, 1.165) is 23.0 Å². The molecular formula is C15H13N7O3S. The minimum atomic E-state index is -0.921. The van der Waals surface area contributed by atoms with Crippen molar-refractivity contribution in [1.82, 2.24) is 33.9 Å². The minimum absolute atomic E-state index is 0.336. The Morgan fingerprint density at radius 2 is 2.08 bits per heavy atom. The first-order valence-electron chi connectivity index (χ1n) is 7.72. The lowest BCUT2D eigenvalue weighted by atomic mass is 10.1. The maximum atomic E-state index is 11.0. The average Bonchev–Trinajstić information content (AvgIpc) is 3.34. The fraction of sp³-hybridized carbons (Fsp3) is 0.200. The van der Waals surface area contributed by atoms with E-state index >= 15 is 0 Å². The van der Waals surface area contributed by atoms with Crippen molar-refractivity contribution in [2.24, 2.45) is 0 Å². The number of nitrogens with zero attached hydrogens (tertiary/aromatic N) is 7. The Balaban J connectivity index is 1.50. The largest absolute Gasteiger partial charge is 0.465 e. The predicted molar refractivity (Wildman–Crippen MR) is 91.3 cm³/mol. The molecule has 4 rings (SSSR count). The summed E-state index contributed by atoms with van der Waals surface area (Å²) in [6.45, 7) is 0.765.